The van der Waals surface area contributed by atoms with Crippen molar-refractivity contribution in [1.82, 2.24) is 0 Å². The van der Waals surface area contributed by atoms with Crippen molar-refractivity contribution in [3.63, 3.8) is 0 Å². The van der Waals surface area contributed by atoms with Crippen LogP contribution in [0.25, 0.3) is 10.1 Å². The Balaban J connectivity index is 2.25. The van der Waals surface area contributed by atoms with Crippen LogP contribution in [0.4, 0.5) is 5.69 Å². The molecule has 0 bridgehead atoms. The molecular weight excluding hydrogens is 208 g/mol. The van der Waals surface area contributed by atoms with Crippen molar-refractivity contribution in [1.29, 1.82) is 0 Å². The Morgan fingerprint density at radius 1 is 1.47 bits per heavy atom. The predicted molar refractivity (Wildman–Crippen MR) is 64.1 cm³/mol. The van der Waals surface area contributed by atoms with Gasteiger partial charge in [-0.2, -0.15) is 0 Å². The van der Waals surface area contributed by atoms with Crippen LogP contribution < -0.4 is 11.1 Å². The molecule has 1 aromatic carbocycles. The van der Waals surface area contributed by atoms with Crippen molar-refractivity contribution in [2.45, 2.75) is 13.0 Å². The maximum atomic E-state index is 11.4. The molecule has 0 spiro atoms. The summed E-state index contributed by atoms with van der Waals surface area (Å²) in [5.74, 6) is -0.162. The molecule has 1 atom stereocenters. The zero-order chi connectivity index (χ0) is 10.8. The number of rotatable bonds is 2. The SMILES string of the molecule is CC(N)C(=O)Nc1ccc2sccc2c1. The number of benzene rings is 1. The van der Waals surface area contributed by atoms with E-state index in [0.29, 0.717) is 0 Å². The fraction of sp³-hybridized carbons (Fsp3) is 0.182. The second-order valence-electron chi connectivity index (χ2n) is 3.45. The van der Waals surface area contributed by atoms with Gasteiger partial charge in [-0.1, -0.05) is 0 Å². The molecule has 15 heavy (non-hydrogen) atoms. The van der Waals surface area contributed by atoms with Gasteiger partial charge in [0.1, 0.15) is 0 Å². The second-order valence-corrected chi connectivity index (χ2v) is 4.40. The average Bonchev–Trinajstić information content (AvgIpc) is 2.64. The van der Waals surface area contributed by atoms with E-state index < -0.39 is 6.04 Å². The van der Waals surface area contributed by atoms with Crippen LogP contribution in [-0.2, 0) is 4.79 Å². The molecule has 78 valence electrons. The largest absolute Gasteiger partial charge is 0.325 e. The van der Waals surface area contributed by atoms with Gasteiger partial charge in [0.15, 0.2) is 0 Å². The van der Waals surface area contributed by atoms with E-state index in [1.807, 2.05) is 29.6 Å². The lowest BCUT2D eigenvalue weighted by Gasteiger charge is -2.07. The van der Waals surface area contributed by atoms with Crippen LogP contribution >= 0.6 is 11.3 Å². The van der Waals surface area contributed by atoms with Crippen LogP contribution in [0.3, 0.4) is 0 Å². The monoisotopic (exact) mass is 220 g/mol. The molecule has 0 aliphatic rings. The van der Waals surface area contributed by atoms with Gasteiger partial charge in [0, 0.05) is 10.4 Å². The van der Waals surface area contributed by atoms with Gasteiger partial charge in [0.25, 0.3) is 0 Å². The molecule has 0 radical (unpaired) electrons. The molecule has 0 saturated carbocycles. The fourth-order valence-corrected chi connectivity index (χ4v) is 2.07. The third-order valence-electron chi connectivity index (χ3n) is 2.13. The summed E-state index contributed by atoms with van der Waals surface area (Å²) in [5.41, 5.74) is 6.26. The third kappa shape index (κ3) is 2.16. The topological polar surface area (TPSA) is 55.1 Å². The Morgan fingerprint density at radius 2 is 2.27 bits per heavy atom. The molecule has 1 unspecified atom stereocenters. The molecule has 1 heterocycles. The van der Waals surface area contributed by atoms with Gasteiger partial charge in [-0.3, -0.25) is 4.79 Å². The average molecular weight is 220 g/mol. The molecule has 0 aliphatic carbocycles. The lowest BCUT2D eigenvalue weighted by Crippen LogP contribution is -2.32. The normalized spacial score (nSPS) is 12.7. The molecule has 2 aromatic rings. The van der Waals surface area contributed by atoms with Crippen molar-refractivity contribution in [2.75, 3.05) is 5.32 Å². The van der Waals surface area contributed by atoms with Gasteiger partial charge >= 0.3 is 0 Å². The van der Waals surface area contributed by atoms with E-state index in [-0.39, 0.29) is 5.91 Å². The van der Waals surface area contributed by atoms with E-state index >= 15 is 0 Å². The first-order chi connectivity index (χ1) is 7.16. The smallest absolute Gasteiger partial charge is 0.240 e. The van der Waals surface area contributed by atoms with Crippen LogP contribution in [-0.4, -0.2) is 11.9 Å². The summed E-state index contributed by atoms with van der Waals surface area (Å²) in [5, 5.41) is 5.93. The minimum atomic E-state index is -0.483. The third-order valence-corrected chi connectivity index (χ3v) is 3.03. The summed E-state index contributed by atoms with van der Waals surface area (Å²) in [4.78, 5) is 11.4. The van der Waals surface area contributed by atoms with Gasteiger partial charge < -0.3 is 11.1 Å². The highest BCUT2D eigenvalue weighted by Crippen LogP contribution is 2.23. The second kappa shape index (κ2) is 4.00. The fourth-order valence-electron chi connectivity index (χ4n) is 1.30. The van der Waals surface area contributed by atoms with Crippen LogP contribution in [0.15, 0.2) is 29.6 Å². The number of hydrogen-bond donors (Lipinski definition) is 2. The molecule has 1 amide bonds. The quantitative estimate of drug-likeness (QED) is 0.815. The van der Waals surface area contributed by atoms with Gasteiger partial charge in [-0.15, -0.1) is 11.3 Å². The highest BCUT2D eigenvalue weighted by Gasteiger charge is 2.07. The van der Waals surface area contributed by atoms with Crippen LogP contribution in [0.1, 0.15) is 6.92 Å². The first-order valence-electron chi connectivity index (χ1n) is 4.70. The summed E-state index contributed by atoms with van der Waals surface area (Å²) >= 11 is 1.68. The van der Waals surface area contributed by atoms with Crippen LogP contribution in [0, 0.1) is 0 Å². The lowest BCUT2D eigenvalue weighted by molar-refractivity contribution is -0.117. The predicted octanol–water partition coefficient (Wildman–Crippen LogP) is 2.19. The number of carbonyl (C=O) groups excluding carboxylic acids is 1. The van der Waals surface area contributed by atoms with E-state index in [0.717, 1.165) is 11.1 Å². The van der Waals surface area contributed by atoms with Gasteiger partial charge in [0.2, 0.25) is 5.91 Å². The number of fused-ring (bicyclic) bond motifs is 1. The maximum Gasteiger partial charge on any atom is 0.240 e. The summed E-state index contributed by atoms with van der Waals surface area (Å²) in [6.07, 6.45) is 0. The van der Waals surface area contributed by atoms with E-state index in [4.69, 9.17) is 5.73 Å². The number of nitrogens with two attached hydrogens (primary N) is 1. The Labute approximate surface area is 91.9 Å². The first-order valence-corrected chi connectivity index (χ1v) is 5.58. The van der Waals surface area contributed by atoms with Crippen molar-refractivity contribution in [3.05, 3.63) is 29.6 Å². The number of anilines is 1. The van der Waals surface area contributed by atoms with Gasteiger partial charge in [-0.25, -0.2) is 0 Å². The lowest BCUT2D eigenvalue weighted by atomic mass is 10.2. The Morgan fingerprint density at radius 3 is 3.00 bits per heavy atom. The molecule has 2 rings (SSSR count). The molecule has 3 N–H and O–H groups in total. The molecule has 0 fully saturated rings. The molecule has 0 aliphatic heterocycles. The highest BCUT2D eigenvalue weighted by molar-refractivity contribution is 7.17. The Kier molecular flexibility index (Phi) is 2.70. The standard InChI is InChI=1S/C11H12N2OS/c1-7(12)11(14)13-9-2-3-10-8(6-9)4-5-15-10/h2-7H,12H2,1H3,(H,13,14). The first kappa shape index (κ1) is 10.1. The van der Waals surface area contributed by atoms with Gasteiger partial charge in [0.05, 0.1) is 6.04 Å². The van der Waals surface area contributed by atoms with Crippen molar-refractivity contribution in [3.8, 4) is 0 Å². The van der Waals surface area contributed by atoms with Crippen LogP contribution in [0.2, 0.25) is 0 Å². The van der Waals surface area contributed by atoms with E-state index in [2.05, 4.69) is 5.32 Å². The maximum absolute atomic E-state index is 11.4. The summed E-state index contributed by atoms with van der Waals surface area (Å²) < 4.78 is 1.22. The Bertz CT molecular complexity index is 490. The molecule has 3 nitrogen and oxygen atoms in total. The number of amides is 1. The minimum Gasteiger partial charge on any atom is -0.325 e. The van der Waals surface area contributed by atoms with Gasteiger partial charge in [-0.05, 0) is 42.0 Å². The zero-order valence-corrected chi connectivity index (χ0v) is 9.17. The van der Waals surface area contributed by atoms with E-state index in [9.17, 15) is 4.79 Å². The summed E-state index contributed by atoms with van der Waals surface area (Å²) in [6, 6.07) is 7.38. The molecule has 0 saturated heterocycles. The minimum absolute atomic E-state index is 0.162. The van der Waals surface area contributed by atoms with Crippen molar-refractivity contribution in [2.24, 2.45) is 5.73 Å². The van der Waals surface area contributed by atoms with Crippen molar-refractivity contribution < 1.29 is 4.79 Å². The highest BCUT2D eigenvalue weighted by atomic mass is 32.1. The van der Waals surface area contributed by atoms with E-state index in [1.54, 1.807) is 18.3 Å². The van der Waals surface area contributed by atoms with Crippen LogP contribution in [0.5, 0.6) is 0 Å². The number of thiophene rings is 1. The van der Waals surface area contributed by atoms with E-state index in [1.165, 1.54) is 4.70 Å². The molecule has 4 heteroatoms. The molecule has 1 aromatic heterocycles. The number of nitrogens with one attached hydrogen (secondary N) is 1. The number of hydrogen-bond acceptors (Lipinski definition) is 3. The molecular formula is C11H12N2OS. The Hall–Kier alpha value is -1.39. The zero-order valence-electron chi connectivity index (χ0n) is 8.36. The van der Waals surface area contributed by atoms with Crippen molar-refractivity contribution >= 4 is 33.0 Å². The summed E-state index contributed by atoms with van der Waals surface area (Å²) in [6.45, 7) is 1.67. The summed E-state index contributed by atoms with van der Waals surface area (Å²) in [7, 11) is 0. The number of carbonyl (C=O) groups is 1.